The van der Waals surface area contributed by atoms with Crippen LogP contribution >= 0.6 is 0 Å². The van der Waals surface area contributed by atoms with Crippen LogP contribution in [0.4, 0.5) is 11.4 Å². The number of aromatic nitrogens is 1. The number of rotatable bonds is 6. The minimum absolute atomic E-state index is 0.172. The Bertz CT molecular complexity index is 915. The molecular weight excluding hydrogens is 326 g/mol. The van der Waals surface area contributed by atoms with E-state index in [0.717, 1.165) is 29.1 Å². The van der Waals surface area contributed by atoms with Crippen LogP contribution in [0.5, 0.6) is 0 Å². The normalized spacial score (nSPS) is 10.6. The molecule has 0 radical (unpaired) electrons. The summed E-state index contributed by atoms with van der Waals surface area (Å²) in [5.41, 5.74) is 4.70. The van der Waals surface area contributed by atoms with Crippen molar-refractivity contribution in [1.82, 2.24) is 10.3 Å². The molecule has 1 amide bonds. The summed E-state index contributed by atoms with van der Waals surface area (Å²) < 4.78 is 5.53. The Morgan fingerprint density at radius 3 is 2.62 bits per heavy atom. The van der Waals surface area contributed by atoms with Gasteiger partial charge in [0.25, 0.3) is 5.91 Å². The fourth-order valence-corrected chi connectivity index (χ4v) is 2.67. The number of nitrogens with one attached hydrogen (secondary N) is 2. The molecule has 0 atom stereocenters. The Morgan fingerprint density at radius 1 is 1.08 bits per heavy atom. The highest BCUT2D eigenvalue weighted by molar-refractivity contribution is 6.00. The van der Waals surface area contributed by atoms with E-state index in [2.05, 4.69) is 35.5 Å². The molecule has 26 heavy (non-hydrogen) atoms. The highest BCUT2D eigenvalue weighted by atomic mass is 16.4. The number of hydrogen-bond donors (Lipinski definition) is 2. The first-order valence-electron chi connectivity index (χ1n) is 8.72. The van der Waals surface area contributed by atoms with Gasteiger partial charge in [-0.2, -0.15) is 0 Å². The fourth-order valence-electron chi connectivity index (χ4n) is 2.67. The Labute approximate surface area is 153 Å². The van der Waals surface area contributed by atoms with Gasteiger partial charge in [-0.1, -0.05) is 31.2 Å². The summed E-state index contributed by atoms with van der Waals surface area (Å²) in [5.74, 6) is 1.15. The topological polar surface area (TPSA) is 67.2 Å². The number of anilines is 2. The smallest absolute Gasteiger partial charge is 0.253 e. The van der Waals surface area contributed by atoms with Crippen LogP contribution in [-0.2, 0) is 13.0 Å². The number of hydrogen-bond acceptors (Lipinski definition) is 4. The van der Waals surface area contributed by atoms with E-state index < -0.39 is 0 Å². The molecule has 0 bridgehead atoms. The number of para-hydroxylation sites is 1. The Hall–Kier alpha value is -3.08. The molecule has 2 N–H and O–H groups in total. The SMILES string of the molecule is CCc1cnc(CNC(=O)c2ccccc2Nc2cccc(C)c2C)o1. The number of benzene rings is 2. The number of oxazole rings is 1. The summed E-state index contributed by atoms with van der Waals surface area (Å²) in [6, 6.07) is 13.5. The van der Waals surface area contributed by atoms with Crippen LogP contribution < -0.4 is 10.6 Å². The summed E-state index contributed by atoms with van der Waals surface area (Å²) in [4.78, 5) is 16.8. The van der Waals surface area contributed by atoms with E-state index in [9.17, 15) is 4.79 Å². The lowest BCUT2D eigenvalue weighted by Gasteiger charge is -2.14. The van der Waals surface area contributed by atoms with Crippen LogP contribution in [0.2, 0.25) is 0 Å². The molecule has 0 spiro atoms. The molecule has 5 nitrogen and oxygen atoms in total. The fraction of sp³-hybridized carbons (Fsp3) is 0.238. The summed E-state index contributed by atoms with van der Waals surface area (Å²) in [6.07, 6.45) is 2.47. The quantitative estimate of drug-likeness (QED) is 0.686. The third kappa shape index (κ3) is 3.94. The first-order valence-corrected chi connectivity index (χ1v) is 8.72. The van der Waals surface area contributed by atoms with Crippen molar-refractivity contribution in [2.24, 2.45) is 0 Å². The lowest BCUT2D eigenvalue weighted by Crippen LogP contribution is -2.23. The maximum atomic E-state index is 12.6. The molecule has 3 aromatic rings. The van der Waals surface area contributed by atoms with E-state index in [1.807, 2.05) is 37.3 Å². The number of carbonyl (C=O) groups is 1. The van der Waals surface area contributed by atoms with Crippen molar-refractivity contribution in [2.75, 3.05) is 5.32 Å². The second kappa shape index (κ2) is 7.87. The van der Waals surface area contributed by atoms with Crippen LogP contribution in [0.25, 0.3) is 0 Å². The van der Waals surface area contributed by atoms with Crippen molar-refractivity contribution in [1.29, 1.82) is 0 Å². The summed E-state index contributed by atoms with van der Waals surface area (Å²) >= 11 is 0. The molecule has 5 heteroatoms. The highest BCUT2D eigenvalue weighted by Crippen LogP contribution is 2.25. The molecule has 134 valence electrons. The van der Waals surface area contributed by atoms with Gasteiger partial charge in [-0.05, 0) is 43.2 Å². The van der Waals surface area contributed by atoms with Gasteiger partial charge >= 0.3 is 0 Å². The third-order valence-electron chi connectivity index (χ3n) is 4.40. The Balaban J connectivity index is 1.75. The van der Waals surface area contributed by atoms with Gasteiger partial charge in [0.15, 0.2) is 0 Å². The molecule has 0 aliphatic heterocycles. The van der Waals surface area contributed by atoms with Crippen molar-refractivity contribution in [2.45, 2.75) is 33.7 Å². The van der Waals surface area contributed by atoms with Crippen LogP contribution in [0.15, 0.2) is 53.1 Å². The molecule has 0 saturated heterocycles. The lowest BCUT2D eigenvalue weighted by molar-refractivity contribution is 0.0948. The summed E-state index contributed by atoms with van der Waals surface area (Å²) in [7, 11) is 0. The third-order valence-corrected chi connectivity index (χ3v) is 4.40. The number of carbonyl (C=O) groups excluding carboxylic acids is 1. The molecule has 1 heterocycles. The van der Waals surface area contributed by atoms with E-state index in [-0.39, 0.29) is 12.5 Å². The van der Waals surface area contributed by atoms with Crippen LogP contribution in [-0.4, -0.2) is 10.9 Å². The first-order chi connectivity index (χ1) is 12.6. The van der Waals surface area contributed by atoms with E-state index >= 15 is 0 Å². The molecule has 3 rings (SSSR count). The predicted molar refractivity (Wildman–Crippen MR) is 103 cm³/mol. The van der Waals surface area contributed by atoms with Crippen molar-refractivity contribution in [3.8, 4) is 0 Å². The van der Waals surface area contributed by atoms with Gasteiger partial charge in [0.05, 0.1) is 24.0 Å². The van der Waals surface area contributed by atoms with Gasteiger partial charge in [-0.25, -0.2) is 4.98 Å². The number of aryl methyl sites for hydroxylation is 2. The predicted octanol–water partition coefficient (Wildman–Crippen LogP) is 4.53. The maximum Gasteiger partial charge on any atom is 0.253 e. The molecule has 0 saturated carbocycles. The monoisotopic (exact) mass is 349 g/mol. The van der Waals surface area contributed by atoms with E-state index in [1.165, 1.54) is 5.56 Å². The average molecular weight is 349 g/mol. The van der Waals surface area contributed by atoms with Gasteiger partial charge < -0.3 is 15.1 Å². The molecule has 1 aromatic heterocycles. The Kier molecular flexibility index (Phi) is 5.37. The largest absolute Gasteiger partial charge is 0.444 e. The van der Waals surface area contributed by atoms with Gasteiger partial charge in [0.1, 0.15) is 5.76 Å². The van der Waals surface area contributed by atoms with Crippen LogP contribution in [0.1, 0.15) is 40.1 Å². The zero-order chi connectivity index (χ0) is 18.5. The minimum atomic E-state index is -0.172. The standard InChI is InChI=1S/C21H23N3O2/c1-4-16-12-22-20(26-16)13-23-21(25)17-9-5-6-10-19(17)24-18-11-7-8-14(2)15(18)3/h5-12,24H,4,13H2,1-3H3,(H,23,25). The molecule has 0 unspecified atom stereocenters. The van der Waals surface area contributed by atoms with Crippen LogP contribution in [0, 0.1) is 13.8 Å². The van der Waals surface area contributed by atoms with Gasteiger partial charge in [-0.3, -0.25) is 4.79 Å². The second-order valence-corrected chi connectivity index (χ2v) is 6.17. The van der Waals surface area contributed by atoms with E-state index in [4.69, 9.17) is 4.42 Å². The maximum absolute atomic E-state index is 12.6. The van der Waals surface area contributed by atoms with Gasteiger partial charge in [-0.15, -0.1) is 0 Å². The summed E-state index contributed by atoms with van der Waals surface area (Å²) in [6.45, 7) is 6.39. The minimum Gasteiger partial charge on any atom is -0.444 e. The van der Waals surface area contributed by atoms with Gasteiger partial charge in [0.2, 0.25) is 5.89 Å². The zero-order valence-electron chi connectivity index (χ0n) is 15.3. The molecule has 0 aliphatic carbocycles. The number of nitrogens with zero attached hydrogens (tertiary/aromatic N) is 1. The average Bonchev–Trinajstić information content (AvgIpc) is 3.12. The second-order valence-electron chi connectivity index (χ2n) is 6.17. The summed E-state index contributed by atoms with van der Waals surface area (Å²) in [5, 5.41) is 6.24. The van der Waals surface area contributed by atoms with Crippen molar-refractivity contribution < 1.29 is 9.21 Å². The van der Waals surface area contributed by atoms with Crippen molar-refractivity contribution >= 4 is 17.3 Å². The first kappa shape index (κ1) is 17.7. The molecule has 2 aromatic carbocycles. The Morgan fingerprint density at radius 2 is 1.85 bits per heavy atom. The van der Waals surface area contributed by atoms with Gasteiger partial charge in [0, 0.05) is 12.1 Å². The van der Waals surface area contributed by atoms with Crippen LogP contribution in [0.3, 0.4) is 0 Å². The lowest BCUT2D eigenvalue weighted by atomic mass is 10.1. The van der Waals surface area contributed by atoms with E-state index in [0.29, 0.717) is 11.5 Å². The molecular formula is C21H23N3O2. The highest BCUT2D eigenvalue weighted by Gasteiger charge is 2.13. The van der Waals surface area contributed by atoms with E-state index in [1.54, 1.807) is 12.3 Å². The van der Waals surface area contributed by atoms with Crippen molar-refractivity contribution in [3.05, 3.63) is 77.0 Å². The molecule has 0 fully saturated rings. The number of amides is 1. The van der Waals surface area contributed by atoms with Crippen molar-refractivity contribution in [3.63, 3.8) is 0 Å². The molecule has 0 aliphatic rings. The zero-order valence-corrected chi connectivity index (χ0v) is 15.3.